The number of phenols is 1. The Morgan fingerprint density at radius 3 is 2.84 bits per heavy atom. The van der Waals surface area contributed by atoms with Gasteiger partial charge in [0.15, 0.2) is 4.34 Å². The van der Waals surface area contributed by atoms with E-state index in [0.29, 0.717) is 11.3 Å². The van der Waals surface area contributed by atoms with Gasteiger partial charge >= 0.3 is 0 Å². The molecule has 0 aliphatic carbocycles. The summed E-state index contributed by atoms with van der Waals surface area (Å²) in [6.07, 6.45) is 1.63. The minimum atomic E-state index is -0.0553. The molecule has 8 heteroatoms. The van der Waals surface area contributed by atoms with E-state index >= 15 is 0 Å². The lowest BCUT2D eigenvalue weighted by Gasteiger charge is -2.08. The minimum Gasteiger partial charge on any atom is -0.507 e. The maximum atomic E-state index is 12.4. The van der Waals surface area contributed by atoms with Crippen LogP contribution in [0.15, 0.2) is 68.4 Å². The number of anilines is 1. The summed E-state index contributed by atoms with van der Waals surface area (Å²) in [5.74, 6) is 0.411. The minimum absolute atomic E-state index is 0.0553. The molecule has 1 heterocycles. The fraction of sp³-hybridized carbons (Fsp3) is 0.125. The Labute approximate surface area is 202 Å². The fourth-order valence-corrected chi connectivity index (χ4v) is 5.35. The monoisotopic (exact) mass is 525 g/mol. The van der Waals surface area contributed by atoms with E-state index in [0.717, 1.165) is 36.0 Å². The van der Waals surface area contributed by atoms with E-state index in [1.165, 1.54) is 28.7 Å². The summed E-state index contributed by atoms with van der Waals surface area (Å²) in [6.45, 7) is 4.02. The summed E-state index contributed by atoms with van der Waals surface area (Å²) in [4.78, 5) is 21.5. The van der Waals surface area contributed by atoms with Gasteiger partial charge in [0, 0.05) is 21.9 Å². The van der Waals surface area contributed by atoms with Gasteiger partial charge in [-0.25, -0.2) is 4.98 Å². The number of hydrogen-bond acceptors (Lipinski definition) is 6. The van der Waals surface area contributed by atoms with E-state index in [4.69, 9.17) is 0 Å². The highest BCUT2D eigenvalue weighted by Gasteiger charge is 2.10. The van der Waals surface area contributed by atoms with E-state index in [1.807, 2.05) is 56.3 Å². The molecule has 4 aromatic rings. The van der Waals surface area contributed by atoms with Gasteiger partial charge in [-0.2, -0.15) is 0 Å². The van der Waals surface area contributed by atoms with Crippen LogP contribution < -0.4 is 5.32 Å². The maximum Gasteiger partial charge on any atom is 0.234 e. The first-order valence-corrected chi connectivity index (χ1v) is 12.4. The van der Waals surface area contributed by atoms with Crippen LogP contribution in [0, 0.1) is 13.8 Å². The molecule has 0 atom stereocenters. The number of rotatable bonds is 6. The Bertz CT molecular complexity index is 1330. The summed E-state index contributed by atoms with van der Waals surface area (Å²) in [7, 11) is 0. The zero-order valence-electron chi connectivity index (χ0n) is 17.4. The first-order valence-electron chi connectivity index (χ1n) is 9.80. The second-order valence-corrected chi connectivity index (χ2v) is 10.4. The number of fused-ring (bicyclic) bond motifs is 1. The van der Waals surface area contributed by atoms with Crippen molar-refractivity contribution < 1.29 is 9.90 Å². The van der Waals surface area contributed by atoms with Gasteiger partial charge in [-0.1, -0.05) is 45.4 Å². The molecule has 2 N–H and O–H groups in total. The number of carbonyl (C=O) groups is 1. The van der Waals surface area contributed by atoms with Gasteiger partial charge in [0.05, 0.1) is 21.7 Å². The zero-order valence-corrected chi connectivity index (χ0v) is 20.6. The molecular weight excluding hydrogens is 506 g/mol. The van der Waals surface area contributed by atoms with Crippen molar-refractivity contribution in [3.63, 3.8) is 0 Å². The highest BCUT2D eigenvalue weighted by Crippen LogP contribution is 2.32. The van der Waals surface area contributed by atoms with Gasteiger partial charge in [-0.05, 0) is 61.9 Å². The second kappa shape index (κ2) is 9.85. The van der Waals surface area contributed by atoms with Crippen LogP contribution in [0.4, 0.5) is 11.4 Å². The second-order valence-electron chi connectivity index (χ2n) is 7.25. The Kier molecular flexibility index (Phi) is 6.93. The number of halogens is 1. The van der Waals surface area contributed by atoms with Crippen molar-refractivity contribution in [1.82, 2.24) is 4.98 Å². The molecule has 5 nitrogen and oxygen atoms in total. The van der Waals surface area contributed by atoms with Crippen LogP contribution >= 0.6 is 39.0 Å². The van der Waals surface area contributed by atoms with Gasteiger partial charge in [0.2, 0.25) is 5.91 Å². The molecule has 1 amide bonds. The molecule has 0 saturated carbocycles. The van der Waals surface area contributed by atoms with Crippen LogP contribution in [0.1, 0.15) is 16.7 Å². The molecule has 0 bridgehead atoms. The lowest BCUT2D eigenvalue weighted by atomic mass is 10.1. The molecule has 32 heavy (non-hydrogen) atoms. The van der Waals surface area contributed by atoms with Crippen LogP contribution in [0.25, 0.3) is 10.2 Å². The predicted molar refractivity (Wildman–Crippen MR) is 138 cm³/mol. The number of aryl methyl sites for hydroxylation is 2. The number of thioether (sulfide) groups is 1. The lowest BCUT2D eigenvalue weighted by molar-refractivity contribution is -0.113. The Morgan fingerprint density at radius 2 is 2.03 bits per heavy atom. The van der Waals surface area contributed by atoms with Gasteiger partial charge in [-0.15, -0.1) is 11.3 Å². The Balaban J connectivity index is 1.42. The smallest absolute Gasteiger partial charge is 0.234 e. The van der Waals surface area contributed by atoms with Gasteiger partial charge in [-0.3, -0.25) is 9.79 Å². The van der Waals surface area contributed by atoms with Crippen LogP contribution in [0.3, 0.4) is 0 Å². The number of aromatic hydroxyl groups is 1. The number of hydrogen-bond donors (Lipinski definition) is 2. The normalized spacial score (nSPS) is 11.3. The third-order valence-corrected chi connectivity index (χ3v) is 7.33. The van der Waals surface area contributed by atoms with E-state index in [9.17, 15) is 9.90 Å². The van der Waals surface area contributed by atoms with E-state index in [2.05, 4.69) is 31.2 Å². The molecule has 0 spiro atoms. The molecule has 0 saturated heterocycles. The van der Waals surface area contributed by atoms with Gasteiger partial charge in [0.1, 0.15) is 5.75 Å². The number of benzene rings is 3. The number of phenolic OH excluding ortho intramolecular Hbond substituents is 1. The molecule has 0 unspecified atom stereocenters. The number of carbonyl (C=O) groups excluding carboxylic acids is 1. The Hall–Kier alpha value is -2.68. The number of nitrogens with one attached hydrogen (secondary N) is 1. The van der Waals surface area contributed by atoms with E-state index in [-0.39, 0.29) is 11.7 Å². The third kappa shape index (κ3) is 5.56. The fourth-order valence-electron chi connectivity index (χ4n) is 3.07. The quantitative estimate of drug-likeness (QED) is 0.213. The summed E-state index contributed by atoms with van der Waals surface area (Å²) in [5, 5.41) is 12.9. The highest BCUT2D eigenvalue weighted by molar-refractivity contribution is 9.10. The molecular formula is C24H20BrN3O2S2. The number of aliphatic imine (C=N–C) groups is 1. The van der Waals surface area contributed by atoms with Crippen LogP contribution in [0.2, 0.25) is 0 Å². The summed E-state index contributed by atoms with van der Waals surface area (Å²) < 4.78 is 2.70. The van der Waals surface area contributed by atoms with Crippen LogP contribution in [0.5, 0.6) is 5.75 Å². The Morgan fingerprint density at radius 1 is 1.19 bits per heavy atom. The van der Waals surface area contributed by atoms with Crippen LogP contribution in [-0.2, 0) is 4.79 Å². The molecule has 3 aromatic carbocycles. The number of thiazole rings is 1. The summed E-state index contributed by atoms with van der Waals surface area (Å²) in [5.41, 5.74) is 5.33. The van der Waals surface area contributed by atoms with Crippen molar-refractivity contribution >= 4 is 72.7 Å². The first-order chi connectivity index (χ1) is 15.4. The molecule has 162 valence electrons. The van der Waals surface area contributed by atoms with Crippen molar-refractivity contribution in [3.05, 3.63) is 75.8 Å². The molecule has 0 fully saturated rings. The topological polar surface area (TPSA) is 74.6 Å². The molecule has 1 aromatic heterocycles. The predicted octanol–water partition coefficient (Wildman–Crippen LogP) is 6.86. The standard InChI is InChI=1S/C24H20BrN3O2S2/c1-14-3-6-19(15(2)9-14)27-23(30)13-31-24-28-20-7-5-18(11-22(20)32-24)26-12-16-10-17(25)4-8-21(16)29/h3-12,29H,13H2,1-2H3,(H,27,30). The largest absolute Gasteiger partial charge is 0.507 e. The van der Waals surface area contributed by atoms with E-state index in [1.54, 1.807) is 18.3 Å². The molecule has 0 radical (unpaired) electrons. The maximum absolute atomic E-state index is 12.4. The summed E-state index contributed by atoms with van der Waals surface area (Å²) in [6, 6.07) is 16.9. The number of nitrogens with zero attached hydrogens (tertiary/aromatic N) is 2. The SMILES string of the molecule is Cc1ccc(NC(=O)CSc2nc3ccc(N=Cc4cc(Br)ccc4O)cc3s2)c(C)c1. The molecule has 4 rings (SSSR count). The van der Waals surface area contributed by atoms with Crippen molar-refractivity contribution in [2.75, 3.05) is 11.1 Å². The van der Waals surface area contributed by atoms with Crippen molar-refractivity contribution in [1.29, 1.82) is 0 Å². The lowest BCUT2D eigenvalue weighted by Crippen LogP contribution is -2.14. The number of amides is 1. The van der Waals surface area contributed by atoms with E-state index < -0.39 is 0 Å². The van der Waals surface area contributed by atoms with Crippen LogP contribution in [-0.4, -0.2) is 28.0 Å². The zero-order chi connectivity index (χ0) is 22.7. The van der Waals surface area contributed by atoms with Crippen molar-refractivity contribution in [2.24, 2.45) is 4.99 Å². The van der Waals surface area contributed by atoms with Gasteiger partial charge in [0.25, 0.3) is 0 Å². The van der Waals surface area contributed by atoms with Gasteiger partial charge < -0.3 is 10.4 Å². The summed E-state index contributed by atoms with van der Waals surface area (Å²) >= 11 is 6.35. The number of aromatic nitrogens is 1. The third-order valence-electron chi connectivity index (χ3n) is 4.68. The van der Waals surface area contributed by atoms with Crippen molar-refractivity contribution in [2.45, 2.75) is 18.2 Å². The first kappa shape index (κ1) is 22.5. The molecule has 0 aliphatic rings. The molecule has 0 aliphatic heterocycles. The average Bonchev–Trinajstić information content (AvgIpc) is 3.17. The van der Waals surface area contributed by atoms with Crippen molar-refractivity contribution in [3.8, 4) is 5.75 Å². The average molecular weight is 526 g/mol. The highest BCUT2D eigenvalue weighted by atomic mass is 79.9.